The molecule has 0 radical (unpaired) electrons. The third kappa shape index (κ3) is 1.77. The first-order chi connectivity index (χ1) is 9.00. The summed E-state index contributed by atoms with van der Waals surface area (Å²) in [4.78, 5) is 13.0. The summed E-state index contributed by atoms with van der Waals surface area (Å²) < 4.78 is 0. The lowest BCUT2D eigenvalue weighted by Gasteiger charge is -2.34. The highest BCUT2D eigenvalue weighted by Gasteiger charge is 2.31. The Morgan fingerprint density at radius 1 is 1.37 bits per heavy atom. The van der Waals surface area contributed by atoms with E-state index in [4.69, 9.17) is 4.98 Å². The Morgan fingerprint density at radius 2 is 2.11 bits per heavy atom. The number of aryl methyl sites for hydroxylation is 1. The quantitative estimate of drug-likeness (QED) is 0.781. The summed E-state index contributed by atoms with van der Waals surface area (Å²) in [5.41, 5.74) is 4.82. The molecule has 2 aromatic rings. The molecule has 4 heteroatoms. The second-order valence-electron chi connectivity index (χ2n) is 5.48. The maximum absolute atomic E-state index is 4.74. The van der Waals surface area contributed by atoms with Crippen molar-refractivity contribution in [3.8, 4) is 11.3 Å². The van der Waals surface area contributed by atoms with Gasteiger partial charge >= 0.3 is 0 Å². The van der Waals surface area contributed by atoms with E-state index in [1.54, 1.807) is 11.3 Å². The Morgan fingerprint density at radius 3 is 2.79 bits per heavy atom. The van der Waals surface area contributed by atoms with Gasteiger partial charge in [-0.2, -0.15) is 0 Å². The van der Waals surface area contributed by atoms with E-state index in [1.807, 2.05) is 6.20 Å². The first-order valence-corrected chi connectivity index (χ1v) is 7.51. The number of aromatic nitrogens is 2. The zero-order chi connectivity index (χ0) is 13.7. The summed E-state index contributed by atoms with van der Waals surface area (Å²) in [6.45, 7) is 8.72. The molecule has 3 nitrogen and oxygen atoms in total. The van der Waals surface area contributed by atoms with E-state index in [0.29, 0.717) is 12.0 Å². The summed E-state index contributed by atoms with van der Waals surface area (Å²) in [7, 11) is 2.16. The number of nitrogens with zero attached hydrogens (tertiary/aromatic N) is 3. The molecule has 0 aromatic carbocycles. The molecule has 0 bridgehead atoms. The Kier molecular flexibility index (Phi) is 2.86. The highest BCUT2D eigenvalue weighted by molar-refractivity contribution is 7.12. The first kappa shape index (κ1) is 12.6. The molecule has 3 rings (SSSR count). The van der Waals surface area contributed by atoms with Gasteiger partial charge in [-0.05, 0) is 25.8 Å². The lowest BCUT2D eigenvalue weighted by atomic mass is 9.95. The van der Waals surface area contributed by atoms with Crippen LogP contribution in [-0.2, 0) is 0 Å². The monoisotopic (exact) mass is 273 g/mol. The lowest BCUT2D eigenvalue weighted by molar-refractivity contribution is 0.720. The van der Waals surface area contributed by atoms with Crippen molar-refractivity contribution in [1.29, 1.82) is 0 Å². The van der Waals surface area contributed by atoms with Crippen molar-refractivity contribution in [3.63, 3.8) is 0 Å². The molecule has 0 amide bonds. The normalized spacial score (nSPS) is 17.6. The van der Waals surface area contributed by atoms with Crippen molar-refractivity contribution < 1.29 is 0 Å². The van der Waals surface area contributed by atoms with E-state index in [2.05, 4.69) is 50.7 Å². The molecule has 0 saturated carbocycles. The van der Waals surface area contributed by atoms with E-state index >= 15 is 0 Å². The zero-order valence-corrected chi connectivity index (χ0v) is 12.9. The summed E-state index contributed by atoms with van der Waals surface area (Å²) >= 11 is 1.81. The molecule has 1 aliphatic rings. The fourth-order valence-corrected chi connectivity index (χ4v) is 3.78. The number of pyridine rings is 1. The SMILES string of the molecule is Cc1nc2c(s1)[C@H](C)N(C)c1c-2ccnc1C(C)C. The van der Waals surface area contributed by atoms with Gasteiger partial charge in [-0.1, -0.05) is 13.8 Å². The Balaban J connectivity index is 2.32. The molecular formula is C15H19N3S. The minimum atomic E-state index is 0.371. The van der Waals surface area contributed by atoms with Crippen molar-refractivity contribution in [2.75, 3.05) is 11.9 Å². The maximum Gasteiger partial charge on any atom is 0.0905 e. The van der Waals surface area contributed by atoms with Gasteiger partial charge in [-0.3, -0.25) is 4.98 Å². The van der Waals surface area contributed by atoms with Gasteiger partial charge in [0.05, 0.1) is 33.0 Å². The van der Waals surface area contributed by atoms with Crippen molar-refractivity contribution >= 4 is 17.0 Å². The third-order valence-corrected chi connectivity index (χ3v) is 4.97. The topological polar surface area (TPSA) is 29.0 Å². The first-order valence-electron chi connectivity index (χ1n) is 6.70. The number of rotatable bonds is 1. The summed E-state index contributed by atoms with van der Waals surface area (Å²) in [6, 6.07) is 2.47. The molecule has 0 aliphatic carbocycles. The van der Waals surface area contributed by atoms with Crippen molar-refractivity contribution in [2.45, 2.75) is 39.7 Å². The van der Waals surface area contributed by atoms with Crippen LogP contribution in [0.25, 0.3) is 11.3 Å². The summed E-state index contributed by atoms with van der Waals surface area (Å²) in [5.74, 6) is 0.422. The lowest BCUT2D eigenvalue weighted by Crippen LogP contribution is -2.27. The minimum Gasteiger partial charge on any atom is -0.365 e. The number of hydrogen-bond acceptors (Lipinski definition) is 4. The molecule has 1 atom stereocenters. The highest BCUT2D eigenvalue weighted by Crippen LogP contribution is 2.47. The zero-order valence-electron chi connectivity index (χ0n) is 12.1. The van der Waals surface area contributed by atoms with Gasteiger partial charge in [-0.25, -0.2) is 4.98 Å². The number of anilines is 1. The van der Waals surface area contributed by atoms with Crippen LogP contribution in [0.4, 0.5) is 5.69 Å². The van der Waals surface area contributed by atoms with E-state index in [1.165, 1.54) is 21.8 Å². The number of hydrogen-bond donors (Lipinski definition) is 0. The molecule has 19 heavy (non-hydrogen) atoms. The van der Waals surface area contributed by atoms with Gasteiger partial charge in [0, 0.05) is 18.8 Å². The van der Waals surface area contributed by atoms with E-state index < -0.39 is 0 Å². The predicted molar refractivity (Wildman–Crippen MR) is 81.0 cm³/mol. The van der Waals surface area contributed by atoms with Crippen LogP contribution in [-0.4, -0.2) is 17.0 Å². The second-order valence-corrected chi connectivity index (χ2v) is 6.71. The fourth-order valence-electron chi connectivity index (χ4n) is 2.74. The van der Waals surface area contributed by atoms with Crippen LogP contribution in [0.1, 0.15) is 48.3 Å². The average Bonchev–Trinajstić information content (AvgIpc) is 2.77. The average molecular weight is 273 g/mol. The maximum atomic E-state index is 4.74. The van der Waals surface area contributed by atoms with E-state index in [0.717, 1.165) is 10.7 Å². The molecule has 1 aliphatic heterocycles. The molecule has 0 saturated heterocycles. The molecule has 0 fully saturated rings. The van der Waals surface area contributed by atoms with E-state index in [-0.39, 0.29) is 0 Å². The van der Waals surface area contributed by atoms with E-state index in [9.17, 15) is 0 Å². The van der Waals surface area contributed by atoms with Crippen molar-refractivity contribution in [1.82, 2.24) is 9.97 Å². The largest absolute Gasteiger partial charge is 0.365 e. The van der Waals surface area contributed by atoms with Gasteiger partial charge in [0.1, 0.15) is 0 Å². The number of fused-ring (bicyclic) bond motifs is 3. The van der Waals surface area contributed by atoms with Gasteiger partial charge in [-0.15, -0.1) is 11.3 Å². The Labute approximate surface area is 118 Å². The molecule has 3 heterocycles. The standard InChI is InChI=1S/C15H19N3S/c1-8(2)12-14-11(6-7-16-12)13-15(9(3)18(14)5)19-10(4)17-13/h6-9H,1-5H3/t9-/m0/s1. The Hall–Kier alpha value is -1.42. The minimum absolute atomic E-state index is 0.371. The summed E-state index contributed by atoms with van der Waals surface area (Å²) in [6.07, 6.45) is 1.91. The predicted octanol–water partition coefficient (Wildman–Crippen LogP) is 4.15. The van der Waals surface area contributed by atoms with Gasteiger partial charge < -0.3 is 4.90 Å². The molecule has 100 valence electrons. The highest BCUT2D eigenvalue weighted by atomic mass is 32.1. The van der Waals surface area contributed by atoms with Crippen LogP contribution in [0.2, 0.25) is 0 Å². The van der Waals surface area contributed by atoms with Crippen LogP contribution in [0, 0.1) is 6.92 Å². The van der Waals surface area contributed by atoms with Gasteiger partial charge in [0.15, 0.2) is 0 Å². The summed E-state index contributed by atoms with van der Waals surface area (Å²) in [5, 5.41) is 1.14. The molecule has 0 unspecified atom stereocenters. The Bertz CT molecular complexity index is 630. The van der Waals surface area contributed by atoms with Crippen LogP contribution < -0.4 is 4.90 Å². The molecular weight excluding hydrogens is 254 g/mol. The van der Waals surface area contributed by atoms with Crippen LogP contribution >= 0.6 is 11.3 Å². The fraction of sp³-hybridized carbons (Fsp3) is 0.467. The van der Waals surface area contributed by atoms with Crippen LogP contribution in [0.5, 0.6) is 0 Å². The molecule has 0 spiro atoms. The molecule has 2 aromatic heterocycles. The van der Waals surface area contributed by atoms with Gasteiger partial charge in [0.2, 0.25) is 0 Å². The third-order valence-electron chi connectivity index (χ3n) is 3.83. The van der Waals surface area contributed by atoms with Crippen molar-refractivity contribution in [2.24, 2.45) is 0 Å². The van der Waals surface area contributed by atoms with Crippen LogP contribution in [0.3, 0.4) is 0 Å². The van der Waals surface area contributed by atoms with Crippen molar-refractivity contribution in [3.05, 3.63) is 27.8 Å². The number of thiazole rings is 1. The smallest absolute Gasteiger partial charge is 0.0905 e. The van der Waals surface area contributed by atoms with Gasteiger partial charge in [0.25, 0.3) is 0 Å². The molecule has 0 N–H and O–H groups in total. The second kappa shape index (κ2) is 4.30. The van der Waals surface area contributed by atoms with Crippen LogP contribution in [0.15, 0.2) is 12.3 Å².